The number of carboxylic acid groups (broad SMARTS) is 1. The van der Waals surface area contributed by atoms with E-state index in [2.05, 4.69) is 29.7 Å². The van der Waals surface area contributed by atoms with Crippen molar-refractivity contribution in [2.75, 3.05) is 18.5 Å². The van der Waals surface area contributed by atoms with E-state index in [9.17, 15) is 14.0 Å². The van der Waals surface area contributed by atoms with Gasteiger partial charge in [-0.3, -0.25) is 4.79 Å². The molecule has 214 valence electrons. The average molecular weight is 554 g/mol. The van der Waals surface area contributed by atoms with Crippen LogP contribution in [0.2, 0.25) is 0 Å². The second-order valence-electron chi connectivity index (χ2n) is 10.4. The molecule has 0 bridgehead atoms. The van der Waals surface area contributed by atoms with Gasteiger partial charge in [-0.1, -0.05) is 25.1 Å². The molecular formula is C31H37F2N3O4. The summed E-state index contributed by atoms with van der Waals surface area (Å²) in [7, 11) is 0. The predicted octanol–water partition coefficient (Wildman–Crippen LogP) is 5.62. The molecule has 7 nitrogen and oxygen atoms in total. The number of carboxylic acids is 1. The van der Waals surface area contributed by atoms with Crippen LogP contribution in [-0.2, 0) is 17.6 Å². The van der Waals surface area contributed by atoms with Gasteiger partial charge in [-0.15, -0.1) is 0 Å². The van der Waals surface area contributed by atoms with E-state index < -0.39 is 24.0 Å². The van der Waals surface area contributed by atoms with Gasteiger partial charge in [0.15, 0.2) is 0 Å². The molecule has 1 aliphatic carbocycles. The van der Waals surface area contributed by atoms with Crippen molar-refractivity contribution >= 4 is 17.6 Å². The van der Waals surface area contributed by atoms with Crippen molar-refractivity contribution in [3.8, 4) is 5.75 Å². The summed E-state index contributed by atoms with van der Waals surface area (Å²) in [6, 6.07) is 8.53. The number of alkyl halides is 1. The summed E-state index contributed by atoms with van der Waals surface area (Å²) in [5, 5.41) is 15.9. The summed E-state index contributed by atoms with van der Waals surface area (Å²) in [5.74, 6) is -1.47. The molecule has 1 heterocycles. The molecule has 2 aromatic rings. The van der Waals surface area contributed by atoms with Crippen LogP contribution in [0.1, 0.15) is 61.5 Å². The summed E-state index contributed by atoms with van der Waals surface area (Å²) in [5.41, 5.74) is 4.31. The third kappa shape index (κ3) is 7.20. The number of benzene rings is 2. The topological polar surface area (TPSA) is 90.9 Å². The Bertz CT molecular complexity index is 1290. The molecule has 0 radical (unpaired) electrons. The Kier molecular flexibility index (Phi) is 9.45. The summed E-state index contributed by atoms with van der Waals surface area (Å²) in [6.45, 7) is 6.01. The molecule has 4 rings (SSSR count). The number of hydrogen-bond donors (Lipinski definition) is 3. The van der Waals surface area contributed by atoms with Gasteiger partial charge in [0.05, 0.1) is 30.7 Å². The number of nitrogens with one attached hydrogen (secondary N) is 2. The van der Waals surface area contributed by atoms with E-state index in [-0.39, 0.29) is 49.2 Å². The van der Waals surface area contributed by atoms with Gasteiger partial charge in [-0.25, -0.2) is 13.6 Å². The van der Waals surface area contributed by atoms with Crippen molar-refractivity contribution in [2.45, 2.75) is 71.3 Å². The second kappa shape index (κ2) is 13.0. The highest BCUT2D eigenvalue weighted by Gasteiger charge is 2.36. The molecule has 1 saturated heterocycles. The Morgan fingerprint density at radius 3 is 2.60 bits per heavy atom. The fraction of sp³-hybridized carbons (Fsp3) is 0.419. The first-order chi connectivity index (χ1) is 19.1. The van der Waals surface area contributed by atoms with Gasteiger partial charge in [0, 0.05) is 17.8 Å². The highest BCUT2D eigenvalue weighted by molar-refractivity contribution is 5.87. The Morgan fingerprint density at radius 1 is 1.18 bits per heavy atom. The molecule has 1 aliphatic heterocycles. The van der Waals surface area contributed by atoms with Crippen LogP contribution in [0.4, 0.5) is 14.5 Å². The first-order valence-corrected chi connectivity index (χ1v) is 13.7. The lowest BCUT2D eigenvalue weighted by molar-refractivity contribution is -0.132. The molecule has 3 N–H and O–H groups in total. The number of nitrogens with zero attached hydrogens (tertiary/aromatic N) is 1. The molecule has 2 aromatic carbocycles. The lowest BCUT2D eigenvalue weighted by Gasteiger charge is -2.26. The van der Waals surface area contributed by atoms with E-state index in [1.807, 2.05) is 13.8 Å². The minimum absolute atomic E-state index is 0.0563. The van der Waals surface area contributed by atoms with Crippen LogP contribution < -0.4 is 15.4 Å². The number of aryl methyl sites for hydroxylation is 1. The standard InChI is InChI=1S/C31H37F2N3O4/c1-4-21-13-23(27(33)16-29(21)35-20(3)34-28-8-6-5-7-19(28)2)14-30(37)36-17-24(32)15-25(36)18-40-26-11-9-22(10-12-26)31(38)39/h5,7,9-13,16,20,24-25,34-35H,4,6,8,14-15,17-18H2,1-3H3,(H,38,39)/t20?,24-,25-/m0/s1. The molecule has 1 amide bonds. The molecular weight excluding hydrogens is 516 g/mol. The first-order valence-electron chi connectivity index (χ1n) is 13.7. The molecule has 0 saturated carbocycles. The Hall–Kier alpha value is -3.88. The number of aromatic carboxylic acids is 1. The maximum Gasteiger partial charge on any atom is 0.335 e. The molecule has 0 spiro atoms. The van der Waals surface area contributed by atoms with Crippen molar-refractivity contribution < 1.29 is 28.2 Å². The lowest BCUT2D eigenvalue weighted by atomic mass is 10.0. The Morgan fingerprint density at radius 2 is 1.93 bits per heavy atom. The molecule has 9 heteroatoms. The number of amides is 1. The maximum absolute atomic E-state index is 15.2. The zero-order valence-electron chi connectivity index (χ0n) is 23.2. The summed E-state index contributed by atoms with van der Waals surface area (Å²) in [6.07, 6.45) is 5.44. The summed E-state index contributed by atoms with van der Waals surface area (Å²) < 4.78 is 35.3. The van der Waals surface area contributed by atoms with Crippen molar-refractivity contribution in [1.29, 1.82) is 0 Å². The van der Waals surface area contributed by atoms with E-state index in [1.54, 1.807) is 6.07 Å². The number of halogens is 2. The van der Waals surface area contributed by atoms with Gasteiger partial charge in [-0.05, 0) is 80.1 Å². The highest BCUT2D eigenvalue weighted by Crippen LogP contribution is 2.27. The minimum atomic E-state index is -1.19. The fourth-order valence-electron chi connectivity index (χ4n) is 5.21. The van der Waals surface area contributed by atoms with Gasteiger partial charge in [0.25, 0.3) is 0 Å². The van der Waals surface area contributed by atoms with E-state index in [4.69, 9.17) is 9.84 Å². The molecule has 0 aromatic heterocycles. The van der Waals surface area contributed by atoms with Crippen LogP contribution >= 0.6 is 0 Å². The number of hydrogen-bond acceptors (Lipinski definition) is 5. The Balaban J connectivity index is 1.40. The summed E-state index contributed by atoms with van der Waals surface area (Å²) >= 11 is 0. The summed E-state index contributed by atoms with van der Waals surface area (Å²) in [4.78, 5) is 25.7. The zero-order valence-corrected chi connectivity index (χ0v) is 23.2. The van der Waals surface area contributed by atoms with Crippen LogP contribution in [0.5, 0.6) is 5.75 Å². The van der Waals surface area contributed by atoms with E-state index in [0.29, 0.717) is 17.9 Å². The smallest absolute Gasteiger partial charge is 0.335 e. The van der Waals surface area contributed by atoms with Crippen molar-refractivity contribution in [3.05, 3.63) is 82.3 Å². The van der Waals surface area contributed by atoms with E-state index >= 15 is 4.39 Å². The normalized spacial score (nSPS) is 19.5. The highest BCUT2D eigenvalue weighted by atomic mass is 19.1. The number of carbonyl (C=O) groups is 2. The quantitative estimate of drug-likeness (QED) is 0.313. The maximum atomic E-state index is 15.2. The van der Waals surface area contributed by atoms with Gasteiger partial charge in [0.2, 0.25) is 5.91 Å². The molecule has 3 atom stereocenters. The van der Waals surface area contributed by atoms with Gasteiger partial charge < -0.3 is 25.4 Å². The predicted molar refractivity (Wildman–Crippen MR) is 151 cm³/mol. The van der Waals surface area contributed by atoms with Gasteiger partial charge in [-0.2, -0.15) is 0 Å². The number of anilines is 1. The molecule has 1 unspecified atom stereocenters. The van der Waals surface area contributed by atoms with Crippen LogP contribution in [0.3, 0.4) is 0 Å². The number of rotatable bonds is 11. The third-order valence-electron chi connectivity index (χ3n) is 7.39. The average Bonchev–Trinajstić information content (AvgIpc) is 3.31. The van der Waals surface area contributed by atoms with Crippen molar-refractivity contribution in [2.24, 2.45) is 0 Å². The van der Waals surface area contributed by atoms with Crippen LogP contribution in [0.15, 0.2) is 59.8 Å². The molecule has 40 heavy (non-hydrogen) atoms. The van der Waals surface area contributed by atoms with Crippen molar-refractivity contribution in [3.63, 3.8) is 0 Å². The number of likely N-dealkylation sites (tertiary alicyclic amines) is 1. The largest absolute Gasteiger partial charge is 0.491 e. The molecule has 2 aliphatic rings. The van der Waals surface area contributed by atoms with E-state index in [0.717, 1.165) is 24.1 Å². The number of allylic oxidation sites excluding steroid dienone is 4. The van der Waals surface area contributed by atoms with Crippen LogP contribution in [0, 0.1) is 5.82 Å². The minimum Gasteiger partial charge on any atom is -0.491 e. The SMILES string of the molecule is CCc1cc(CC(=O)N2C[C@@H](F)C[C@H]2COc2ccc(C(=O)O)cc2)c(F)cc1NC(C)NC1=C(C)C=CCC1. The molecule has 1 fully saturated rings. The zero-order chi connectivity index (χ0) is 28.8. The fourth-order valence-corrected chi connectivity index (χ4v) is 5.21. The van der Waals surface area contributed by atoms with Crippen LogP contribution in [-0.4, -0.2) is 53.4 Å². The lowest BCUT2D eigenvalue weighted by Crippen LogP contribution is -2.40. The van der Waals surface area contributed by atoms with Gasteiger partial charge in [0.1, 0.15) is 24.3 Å². The van der Waals surface area contributed by atoms with E-state index in [1.165, 1.54) is 40.8 Å². The third-order valence-corrected chi connectivity index (χ3v) is 7.39. The van der Waals surface area contributed by atoms with Gasteiger partial charge >= 0.3 is 5.97 Å². The number of carbonyl (C=O) groups excluding carboxylic acids is 1. The van der Waals surface area contributed by atoms with Crippen LogP contribution in [0.25, 0.3) is 0 Å². The second-order valence-corrected chi connectivity index (χ2v) is 10.4. The Labute approximate surface area is 233 Å². The number of ether oxygens (including phenoxy) is 1. The van der Waals surface area contributed by atoms with Crippen molar-refractivity contribution in [1.82, 2.24) is 10.2 Å². The monoisotopic (exact) mass is 553 g/mol. The first kappa shape index (κ1) is 29.1.